The van der Waals surface area contributed by atoms with Crippen LogP contribution in [-0.2, 0) is 13.6 Å². The minimum Gasteiger partial charge on any atom is -0.487 e. The lowest BCUT2D eigenvalue weighted by Gasteiger charge is -2.00. The van der Waals surface area contributed by atoms with Gasteiger partial charge in [-0.25, -0.2) is 0 Å². The van der Waals surface area contributed by atoms with Crippen LogP contribution in [0.2, 0.25) is 6.55 Å². The zero-order chi connectivity index (χ0) is 12.9. The van der Waals surface area contributed by atoms with Crippen molar-refractivity contribution in [1.29, 1.82) is 0 Å². The zero-order valence-corrected chi connectivity index (χ0v) is 12.0. The molecule has 0 rings (SSSR count). The number of ether oxygens (including phenoxy) is 1. The molecule has 0 saturated heterocycles. The molecule has 6 nitrogen and oxygen atoms in total. The summed E-state index contributed by atoms with van der Waals surface area (Å²) >= 11 is 8.12. The lowest BCUT2D eigenvalue weighted by Crippen LogP contribution is -2.12. The van der Waals surface area contributed by atoms with Crippen molar-refractivity contribution in [3.05, 3.63) is 0 Å². The van der Waals surface area contributed by atoms with Gasteiger partial charge in [-0.2, -0.15) is 0 Å². The molecule has 0 aromatic carbocycles. The van der Waals surface area contributed by atoms with Crippen LogP contribution in [-0.4, -0.2) is 46.1 Å². The number of methoxy groups -OCH3 is 1. The molecule has 9 heteroatoms. The minimum absolute atomic E-state index is 0.0880. The predicted octanol–water partition coefficient (Wildman–Crippen LogP) is -0.206. The van der Waals surface area contributed by atoms with E-state index in [1.807, 2.05) is 6.55 Å². The van der Waals surface area contributed by atoms with Gasteiger partial charge < -0.3 is 30.2 Å². The Morgan fingerprint density at radius 1 is 1.13 bits per heavy atom. The van der Waals surface area contributed by atoms with Gasteiger partial charge in [-0.1, -0.05) is 0 Å². The SMILES string of the molecule is COC(N)=S.CO[SiH](C)OC.NC(O)=S. The Balaban J connectivity index is -0.000000147. The van der Waals surface area contributed by atoms with Crippen molar-refractivity contribution in [3.63, 3.8) is 0 Å². The second-order valence-electron chi connectivity index (χ2n) is 1.90. The van der Waals surface area contributed by atoms with E-state index in [1.165, 1.54) is 7.11 Å². The Hall–Kier alpha value is -0.483. The molecule has 0 fully saturated rings. The van der Waals surface area contributed by atoms with Crippen LogP contribution in [0.4, 0.5) is 0 Å². The first-order valence-electron chi connectivity index (χ1n) is 3.69. The number of aliphatic hydroxyl groups is 1. The molecule has 0 atom stereocenters. The molecule has 0 aliphatic rings. The molecule has 0 unspecified atom stereocenters. The summed E-state index contributed by atoms with van der Waals surface area (Å²) in [6.07, 6.45) is 0. The first-order valence-corrected chi connectivity index (χ1v) is 6.60. The van der Waals surface area contributed by atoms with E-state index in [1.54, 1.807) is 14.2 Å². The highest BCUT2D eigenvalue weighted by atomic mass is 32.1. The molecule has 15 heavy (non-hydrogen) atoms. The van der Waals surface area contributed by atoms with Crippen LogP contribution in [0.15, 0.2) is 0 Å². The normalized spacial score (nSPS) is 7.80. The lowest BCUT2D eigenvalue weighted by molar-refractivity contribution is 0.285. The summed E-state index contributed by atoms with van der Waals surface area (Å²) in [5.41, 5.74) is 9.20. The summed E-state index contributed by atoms with van der Waals surface area (Å²) in [4.78, 5) is 0. The van der Waals surface area contributed by atoms with E-state index in [4.69, 9.17) is 19.7 Å². The van der Waals surface area contributed by atoms with Crippen molar-refractivity contribution in [2.75, 3.05) is 21.3 Å². The minimum atomic E-state index is -1.16. The molecule has 0 radical (unpaired) electrons. The Morgan fingerprint density at radius 2 is 1.33 bits per heavy atom. The van der Waals surface area contributed by atoms with Gasteiger partial charge in [-0.3, -0.25) is 0 Å². The van der Waals surface area contributed by atoms with E-state index in [0.717, 1.165) is 0 Å². The molecule has 0 bridgehead atoms. The molecule has 0 aromatic rings. The highest BCUT2D eigenvalue weighted by molar-refractivity contribution is 7.80. The van der Waals surface area contributed by atoms with E-state index in [2.05, 4.69) is 34.9 Å². The van der Waals surface area contributed by atoms with Crippen LogP contribution in [0.5, 0.6) is 0 Å². The van der Waals surface area contributed by atoms with Gasteiger partial charge in [0.2, 0.25) is 0 Å². The Kier molecular flexibility index (Phi) is 21.3. The van der Waals surface area contributed by atoms with Crippen LogP contribution >= 0.6 is 24.4 Å². The maximum Gasteiger partial charge on any atom is 0.317 e. The molecule has 0 saturated carbocycles. The van der Waals surface area contributed by atoms with E-state index >= 15 is 0 Å². The molecule has 0 heterocycles. The van der Waals surface area contributed by atoms with Crippen molar-refractivity contribution >= 4 is 44.1 Å². The molecule has 92 valence electrons. The smallest absolute Gasteiger partial charge is 0.317 e. The Morgan fingerprint density at radius 3 is 1.33 bits per heavy atom. The first kappa shape index (κ1) is 20.0. The fourth-order valence-corrected chi connectivity index (χ4v) is 0.289. The molecule has 0 aliphatic heterocycles. The van der Waals surface area contributed by atoms with Crippen molar-refractivity contribution in [1.82, 2.24) is 0 Å². The summed E-state index contributed by atoms with van der Waals surface area (Å²) in [7, 11) is 3.61. The first-order chi connectivity index (χ1) is 6.81. The third-order valence-electron chi connectivity index (χ3n) is 0.865. The Bertz CT molecular complexity index is 165. The van der Waals surface area contributed by atoms with Crippen LogP contribution in [0.3, 0.4) is 0 Å². The predicted molar refractivity (Wildman–Crippen MR) is 70.2 cm³/mol. The second kappa shape index (κ2) is 16.0. The monoisotopic (exact) mass is 274 g/mol. The van der Waals surface area contributed by atoms with Gasteiger partial charge in [0.05, 0.1) is 7.11 Å². The van der Waals surface area contributed by atoms with E-state index in [9.17, 15) is 0 Å². The number of nitrogens with two attached hydrogens (primary N) is 2. The van der Waals surface area contributed by atoms with Crippen molar-refractivity contribution in [2.24, 2.45) is 11.5 Å². The van der Waals surface area contributed by atoms with Crippen molar-refractivity contribution in [3.8, 4) is 0 Å². The summed E-state index contributed by atoms with van der Waals surface area (Å²) < 4.78 is 13.9. The molecule has 5 N–H and O–H groups in total. The van der Waals surface area contributed by atoms with Crippen LogP contribution < -0.4 is 11.5 Å². The average Bonchev–Trinajstić information content (AvgIpc) is 2.16. The van der Waals surface area contributed by atoms with E-state index < -0.39 is 14.5 Å². The van der Waals surface area contributed by atoms with Crippen LogP contribution in [0, 0.1) is 0 Å². The van der Waals surface area contributed by atoms with Crippen LogP contribution in [0.1, 0.15) is 0 Å². The van der Waals surface area contributed by atoms with Gasteiger partial charge in [-0.15, -0.1) is 0 Å². The highest BCUT2D eigenvalue weighted by Gasteiger charge is 1.94. The van der Waals surface area contributed by atoms with E-state index in [0.29, 0.717) is 0 Å². The van der Waals surface area contributed by atoms with Gasteiger partial charge in [0.15, 0.2) is 0 Å². The molecular weight excluding hydrogens is 256 g/mol. The quantitative estimate of drug-likeness (QED) is 0.470. The maximum absolute atomic E-state index is 7.56. The average molecular weight is 274 g/mol. The van der Waals surface area contributed by atoms with Crippen molar-refractivity contribution < 1.29 is 18.7 Å². The fourth-order valence-electron chi connectivity index (χ4n) is 0.0962. The van der Waals surface area contributed by atoms with Gasteiger partial charge in [0.25, 0.3) is 10.3 Å². The largest absolute Gasteiger partial charge is 0.487 e. The molecule has 0 amide bonds. The fraction of sp³-hybridized carbons (Fsp3) is 0.667. The van der Waals surface area contributed by atoms with Gasteiger partial charge in [-0.05, 0) is 31.0 Å². The van der Waals surface area contributed by atoms with E-state index in [-0.39, 0.29) is 5.17 Å². The molecule has 0 spiro atoms. The summed E-state index contributed by atoms with van der Waals surface area (Å²) in [5, 5.41) is 7.15. The lowest BCUT2D eigenvalue weighted by atomic mass is 11.3. The molecular formula is C6H18N2O4S2Si. The van der Waals surface area contributed by atoms with Crippen molar-refractivity contribution in [2.45, 2.75) is 6.55 Å². The molecule has 0 aliphatic carbocycles. The number of thiocarbonyl (C=S) groups is 2. The number of hydrogen-bond donors (Lipinski definition) is 3. The second-order valence-corrected chi connectivity index (χ2v) is 4.80. The number of hydrogen-bond acceptors (Lipinski definition) is 5. The standard InChI is InChI=1S/C3H10O2Si.C2H5NOS.CH3NOS/c1-4-6(3)5-2;1-4-2(3)5;2-1(3)4/h6H,1-3H3;1H3,(H2,3,5);(H3,2,3,4). The Labute approximate surface area is 102 Å². The molecule has 0 aromatic heterocycles. The summed E-state index contributed by atoms with van der Waals surface area (Å²) in [5.74, 6) is 0. The summed E-state index contributed by atoms with van der Waals surface area (Å²) in [6.45, 7) is 1.97. The van der Waals surface area contributed by atoms with Crippen LogP contribution in [0.25, 0.3) is 0 Å². The zero-order valence-electron chi connectivity index (χ0n) is 9.22. The third-order valence-corrected chi connectivity index (χ3v) is 2.36. The topological polar surface area (TPSA) is 100.0 Å². The third kappa shape index (κ3) is 58.9. The number of rotatable bonds is 2. The number of aliphatic hydroxyl groups excluding tert-OH is 1. The maximum atomic E-state index is 7.56. The summed E-state index contributed by atoms with van der Waals surface area (Å²) in [6, 6.07) is 0. The van der Waals surface area contributed by atoms with Gasteiger partial charge in [0.1, 0.15) is 0 Å². The van der Waals surface area contributed by atoms with Gasteiger partial charge >= 0.3 is 9.28 Å². The highest BCUT2D eigenvalue weighted by Crippen LogP contribution is 1.77. The van der Waals surface area contributed by atoms with Gasteiger partial charge in [0, 0.05) is 14.2 Å².